The van der Waals surface area contributed by atoms with Crippen LogP contribution in [-0.2, 0) is 18.9 Å². The molecule has 0 aliphatic carbocycles. The first kappa shape index (κ1) is 19.1. The van der Waals surface area contributed by atoms with Gasteiger partial charge in [-0.25, -0.2) is 4.79 Å². The van der Waals surface area contributed by atoms with E-state index in [1.165, 1.54) is 17.7 Å². The van der Waals surface area contributed by atoms with E-state index in [0.29, 0.717) is 49.3 Å². The molecule has 3 heterocycles. The molecule has 1 atom stereocenters. The lowest BCUT2D eigenvalue weighted by molar-refractivity contribution is -0.120. The Hall–Kier alpha value is -3.23. The van der Waals surface area contributed by atoms with Gasteiger partial charge in [0.1, 0.15) is 19.0 Å². The molecule has 1 saturated heterocycles. The number of hydrogen-bond acceptors (Lipinski definition) is 6. The van der Waals surface area contributed by atoms with Crippen molar-refractivity contribution in [3.05, 3.63) is 45.1 Å². The molecule has 1 aromatic heterocycles. The molecule has 1 amide bonds. The fraction of sp³-hybridized carbons (Fsp3) is 0.450. The molecule has 1 aromatic carbocycles. The summed E-state index contributed by atoms with van der Waals surface area (Å²) in [5.41, 5.74) is -0.0846. The molecule has 0 radical (unpaired) electrons. The van der Waals surface area contributed by atoms with E-state index in [1.807, 2.05) is 4.90 Å². The van der Waals surface area contributed by atoms with Gasteiger partial charge in [0.2, 0.25) is 5.91 Å². The Morgan fingerprint density at radius 2 is 1.83 bits per heavy atom. The molecule has 9 heteroatoms. The third kappa shape index (κ3) is 3.72. The summed E-state index contributed by atoms with van der Waals surface area (Å²) in [4.78, 5) is 39.0. The number of rotatable bonds is 3. The molecule has 0 bridgehead atoms. The lowest BCUT2D eigenvalue weighted by Gasteiger charge is -2.34. The number of carbonyl (C=O) groups excluding carboxylic acids is 1. The summed E-state index contributed by atoms with van der Waals surface area (Å²) in [5.74, 6) is 1.48. The number of amides is 1. The topological polar surface area (TPSA) is 94.8 Å². The second kappa shape index (κ2) is 7.65. The summed E-state index contributed by atoms with van der Waals surface area (Å²) >= 11 is 0. The van der Waals surface area contributed by atoms with Crippen molar-refractivity contribution in [1.29, 1.82) is 0 Å². The smallest absolute Gasteiger partial charge is 0.332 e. The number of anilines is 2. The van der Waals surface area contributed by atoms with Gasteiger partial charge in [0.05, 0.1) is 5.92 Å². The second-order valence-electron chi connectivity index (χ2n) is 7.37. The van der Waals surface area contributed by atoms with Crippen molar-refractivity contribution in [3.8, 4) is 11.5 Å². The van der Waals surface area contributed by atoms with Gasteiger partial charge in [-0.1, -0.05) is 0 Å². The highest BCUT2D eigenvalue weighted by atomic mass is 16.6. The van der Waals surface area contributed by atoms with Crippen molar-refractivity contribution in [3.63, 3.8) is 0 Å². The number of hydrogen-bond donors (Lipinski definition) is 1. The van der Waals surface area contributed by atoms with Crippen molar-refractivity contribution in [1.82, 2.24) is 9.13 Å². The van der Waals surface area contributed by atoms with Gasteiger partial charge in [-0.15, -0.1) is 0 Å². The summed E-state index contributed by atoms with van der Waals surface area (Å²) < 4.78 is 13.6. The van der Waals surface area contributed by atoms with Crippen LogP contribution in [0.25, 0.3) is 0 Å². The van der Waals surface area contributed by atoms with E-state index in [-0.39, 0.29) is 23.1 Å². The summed E-state index contributed by atoms with van der Waals surface area (Å²) in [6.07, 6.45) is 1.54. The Kier molecular flexibility index (Phi) is 5.04. The predicted octanol–water partition coefficient (Wildman–Crippen LogP) is 0.710. The van der Waals surface area contributed by atoms with Crippen LogP contribution in [0.2, 0.25) is 0 Å². The quantitative estimate of drug-likeness (QED) is 0.816. The highest BCUT2D eigenvalue weighted by Gasteiger charge is 2.28. The largest absolute Gasteiger partial charge is 0.486 e. The summed E-state index contributed by atoms with van der Waals surface area (Å²) in [7, 11) is 3.09. The molecule has 1 N–H and O–H groups in total. The van der Waals surface area contributed by atoms with Crippen molar-refractivity contribution in [2.75, 3.05) is 36.5 Å². The van der Waals surface area contributed by atoms with Gasteiger partial charge in [0.15, 0.2) is 11.5 Å². The van der Waals surface area contributed by atoms with E-state index in [2.05, 4.69) is 5.32 Å². The van der Waals surface area contributed by atoms with Crippen LogP contribution in [0.1, 0.15) is 12.8 Å². The molecule has 9 nitrogen and oxygen atoms in total. The standard InChI is InChI=1S/C20H24N4O5/c1-22-17(11-18(25)23(2)20(22)27)24-7-3-4-13(12-24)19(26)21-14-5-6-15-16(10-14)29-9-8-28-15/h5-6,10-11,13H,3-4,7-9,12H2,1-2H3,(H,21,26)/t13-/m1/s1. The number of aromatic nitrogens is 2. The van der Waals surface area contributed by atoms with Gasteiger partial charge in [0, 0.05) is 45.0 Å². The summed E-state index contributed by atoms with van der Waals surface area (Å²) in [6.45, 7) is 2.13. The Bertz CT molecular complexity index is 1060. The van der Waals surface area contributed by atoms with Crippen molar-refractivity contribution < 1.29 is 14.3 Å². The average Bonchev–Trinajstić information content (AvgIpc) is 2.74. The van der Waals surface area contributed by atoms with Crippen LogP contribution < -0.4 is 30.9 Å². The van der Waals surface area contributed by atoms with E-state index < -0.39 is 0 Å². The van der Waals surface area contributed by atoms with Crippen LogP contribution in [-0.4, -0.2) is 41.3 Å². The number of piperidine rings is 1. The maximum absolute atomic E-state index is 12.8. The first-order chi connectivity index (χ1) is 13.9. The zero-order valence-corrected chi connectivity index (χ0v) is 16.5. The molecule has 2 aliphatic heterocycles. The van der Waals surface area contributed by atoms with E-state index in [4.69, 9.17) is 9.47 Å². The third-order valence-corrected chi connectivity index (χ3v) is 5.43. The van der Waals surface area contributed by atoms with Crippen LogP contribution in [0.15, 0.2) is 33.9 Å². The Morgan fingerprint density at radius 3 is 2.62 bits per heavy atom. The number of benzene rings is 1. The van der Waals surface area contributed by atoms with Crippen LogP contribution in [0.3, 0.4) is 0 Å². The minimum Gasteiger partial charge on any atom is -0.486 e. The highest BCUT2D eigenvalue weighted by Crippen LogP contribution is 2.33. The maximum atomic E-state index is 12.8. The number of nitrogens with zero attached hydrogens (tertiary/aromatic N) is 3. The molecular weight excluding hydrogens is 376 g/mol. The van der Waals surface area contributed by atoms with E-state index in [1.54, 1.807) is 25.2 Å². The number of fused-ring (bicyclic) bond motifs is 1. The van der Waals surface area contributed by atoms with Gasteiger partial charge >= 0.3 is 5.69 Å². The minimum absolute atomic E-state index is 0.0970. The van der Waals surface area contributed by atoms with Crippen LogP contribution in [0, 0.1) is 5.92 Å². The van der Waals surface area contributed by atoms with E-state index >= 15 is 0 Å². The molecule has 154 valence electrons. The van der Waals surface area contributed by atoms with Gasteiger partial charge in [-0.3, -0.25) is 18.7 Å². The number of ether oxygens (including phenoxy) is 2. The van der Waals surface area contributed by atoms with Crippen LogP contribution in [0.4, 0.5) is 11.5 Å². The fourth-order valence-electron chi connectivity index (χ4n) is 3.79. The van der Waals surface area contributed by atoms with Gasteiger partial charge < -0.3 is 19.7 Å². The van der Waals surface area contributed by atoms with Crippen molar-refractivity contribution in [2.24, 2.45) is 20.0 Å². The van der Waals surface area contributed by atoms with Crippen LogP contribution in [0.5, 0.6) is 11.5 Å². The molecule has 4 rings (SSSR count). The lowest BCUT2D eigenvalue weighted by Crippen LogP contribution is -2.45. The Balaban J connectivity index is 1.49. The monoisotopic (exact) mass is 400 g/mol. The SMILES string of the molecule is Cn1c(N2CCC[C@@H](C(=O)Nc3ccc4c(c3)OCCO4)C2)cc(=O)n(C)c1=O. The summed E-state index contributed by atoms with van der Waals surface area (Å²) in [5, 5.41) is 2.94. The fourth-order valence-corrected chi connectivity index (χ4v) is 3.79. The lowest BCUT2D eigenvalue weighted by atomic mass is 9.97. The Morgan fingerprint density at radius 1 is 1.07 bits per heavy atom. The van der Waals surface area contributed by atoms with Crippen LogP contribution >= 0.6 is 0 Å². The molecule has 0 saturated carbocycles. The minimum atomic E-state index is -0.379. The number of carbonyl (C=O) groups is 1. The first-order valence-electron chi connectivity index (χ1n) is 9.66. The third-order valence-electron chi connectivity index (χ3n) is 5.43. The zero-order valence-electron chi connectivity index (χ0n) is 16.5. The van der Waals surface area contributed by atoms with Gasteiger partial charge in [-0.2, -0.15) is 0 Å². The normalized spacial score (nSPS) is 18.4. The zero-order chi connectivity index (χ0) is 20.5. The van der Waals surface area contributed by atoms with Gasteiger partial charge in [0.25, 0.3) is 5.56 Å². The maximum Gasteiger partial charge on any atom is 0.332 e. The second-order valence-corrected chi connectivity index (χ2v) is 7.37. The van der Waals surface area contributed by atoms with Gasteiger partial charge in [-0.05, 0) is 25.0 Å². The van der Waals surface area contributed by atoms with E-state index in [0.717, 1.165) is 17.4 Å². The summed E-state index contributed by atoms with van der Waals surface area (Å²) in [6, 6.07) is 6.78. The molecular formula is C20H24N4O5. The first-order valence-corrected chi connectivity index (χ1v) is 9.66. The highest BCUT2D eigenvalue weighted by molar-refractivity contribution is 5.93. The Labute approximate surface area is 167 Å². The molecule has 2 aromatic rings. The average molecular weight is 400 g/mol. The molecule has 1 fully saturated rings. The molecule has 29 heavy (non-hydrogen) atoms. The van der Waals surface area contributed by atoms with Crippen molar-refractivity contribution in [2.45, 2.75) is 12.8 Å². The molecule has 0 unspecified atom stereocenters. The molecule has 0 spiro atoms. The number of nitrogens with one attached hydrogen (secondary N) is 1. The molecule has 2 aliphatic rings. The van der Waals surface area contributed by atoms with E-state index in [9.17, 15) is 14.4 Å². The van der Waals surface area contributed by atoms with Crippen molar-refractivity contribution >= 4 is 17.4 Å². The predicted molar refractivity (Wildman–Crippen MR) is 108 cm³/mol.